The number of anilines is 1. The summed E-state index contributed by atoms with van der Waals surface area (Å²) in [5, 5.41) is 2.67. The first-order chi connectivity index (χ1) is 15.3. The Hall–Kier alpha value is -1.62. The van der Waals surface area contributed by atoms with Crippen molar-refractivity contribution < 1.29 is 4.79 Å². The number of hydrogen-bond donors (Lipinski definition) is 0. The van der Waals surface area contributed by atoms with Crippen molar-refractivity contribution in [3.8, 4) is 0 Å². The maximum absolute atomic E-state index is 13.2. The number of amides is 1. The molecule has 1 amide bonds. The minimum absolute atomic E-state index is 0.00465. The molecule has 0 aromatic heterocycles. The Labute approximate surface area is 212 Å². The van der Waals surface area contributed by atoms with Crippen LogP contribution in [0.4, 0.5) is 5.69 Å². The molecule has 1 fully saturated rings. The van der Waals surface area contributed by atoms with E-state index in [0.717, 1.165) is 16.8 Å². The first kappa shape index (κ1) is 23.5. The summed E-state index contributed by atoms with van der Waals surface area (Å²) in [7, 11) is 0. The van der Waals surface area contributed by atoms with E-state index >= 15 is 0 Å². The molecular weight excluding hydrogens is 510 g/mol. The van der Waals surface area contributed by atoms with Crippen LogP contribution in [0.3, 0.4) is 0 Å². The Bertz CT molecular complexity index is 1140. The van der Waals surface area contributed by atoms with Crippen LogP contribution in [0.2, 0.25) is 25.1 Å². The predicted octanol–water partition coefficient (Wildman–Crippen LogP) is 7.59. The third-order valence-corrected chi connectivity index (χ3v) is 7.23. The van der Waals surface area contributed by atoms with Crippen molar-refractivity contribution in [1.82, 2.24) is 4.90 Å². The number of benzene rings is 3. The van der Waals surface area contributed by atoms with E-state index in [1.54, 1.807) is 18.2 Å². The van der Waals surface area contributed by atoms with Crippen molar-refractivity contribution in [2.24, 2.45) is 0 Å². The van der Waals surface area contributed by atoms with Crippen LogP contribution in [0.15, 0.2) is 60.7 Å². The lowest BCUT2D eigenvalue weighted by Gasteiger charge is -2.43. The Morgan fingerprint density at radius 1 is 0.844 bits per heavy atom. The highest BCUT2D eigenvalue weighted by molar-refractivity contribution is 6.42. The molecular formula is C24H19Cl5N2O. The van der Waals surface area contributed by atoms with Crippen LogP contribution in [0.1, 0.15) is 17.2 Å². The smallest absolute Gasteiger partial charge is 0.227 e. The highest BCUT2D eigenvalue weighted by Gasteiger charge is 2.32. The van der Waals surface area contributed by atoms with E-state index in [0.29, 0.717) is 44.7 Å². The molecule has 1 heterocycles. The second-order valence-corrected chi connectivity index (χ2v) is 9.65. The van der Waals surface area contributed by atoms with Crippen molar-refractivity contribution in [2.75, 3.05) is 24.5 Å². The van der Waals surface area contributed by atoms with Crippen molar-refractivity contribution >= 4 is 69.6 Å². The summed E-state index contributed by atoms with van der Waals surface area (Å²) in [6.45, 7) is 1.67. The summed E-state index contributed by atoms with van der Waals surface area (Å²) in [4.78, 5) is 17.2. The maximum atomic E-state index is 13.2. The molecule has 1 unspecified atom stereocenters. The molecule has 1 aliphatic heterocycles. The van der Waals surface area contributed by atoms with Gasteiger partial charge in [0, 0.05) is 29.7 Å². The molecule has 1 saturated heterocycles. The molecule has 4 rings (SSSR count). The fourth-order valence-corrected chi connectivity index (χ4v) is 4.97. The first-order valence-corrected chi connectivity index (χ1v) is 11.9. The van der Waals surface area contributed by atoms with Gasteiger partial charge < -0.3 is 9.80 Å². The van der Waals surface area contributed by atoms with Gasteiger partial charge in [0.2, 0.25) is 5.91 Å². The normalized spacial score (nSPS) is 16.3. The van der Waals surface area contributed by atoms with Crippen LogP contribution in [0, 0.1) is 0 Å². The minimum atomic E-state index is -0.0986. The Balaban J connectivity index is 1.61. The highest BCUT2D eigenvalue weighted by atomic mass is 35.5. The van der Waals surface area contributed by atoms with E-state index in [-0.39, 0.29) is 18.4 Å². The van der Waals surface area contributed by atoms with Gasteiger partial charge in [0.05, 0.1) is 33.2 Å². The first-order valence-electron chi connectivity index (χ1n) is 10.0. The van der Waals surface area contributed by atoms with Gasteiger partial charge in [-0.05, 0) is 47.5 Å². The number of piperazine rings is 1. The fourth-order valence-electron chi connectivity index (χ4n) is 3.94. The molecule has 8 heteroatoms. The van der Waals surface area contributed by atoms with Crippen LogP contribution in [0.5, 0.6) is 0 Å². The van der Waals surface area contributed by atoms with Gasteiger partial charge in [-0.15, -0.1) is 0 Å². The molecule has 3 aromatic rings. The molecule has 3 nitrogen and oxygen atoms in total. The van der Waals surface area contributed by atoms with Gasteiger partial charge in [-0.25, -0.2) is 0 Å². The summed E-state index contributed by atoms with van der Waals surface area (Å²) in [6.07, 6.45) is 0.189. The zero-order chi connectivity index (χ0) is 22.8. The van der Waals surface area contributed by atoms with Crippen LogP contribution in [-0.4, -0.2) is 30.4 Å². The number of carbonyl (C=O) groups is 1. The lowest BCUT2D eigenvalue weighted by molar-refractivity contribution is -0.131. The van der Waals surface area contributed by atoms with Crippen molar-refractivity contribution in [3.63, 3.8) is 0 Å². The van der Waals surface area contributed by atoms with Gasteiger partial charge >= 0.3 is 0 Å². The van der Waals surface area contributed by atoms with Crippen LogP contribution in [0.25, 0.3) is 0 Å². The minimum Gasteiger partial charge on any atom is -0.360 e. The molecule has 0 radical (unpaired) electrons. The number of carbonyl (C=O) groups excluding carboxylic acids is 1. The topological polar surface area (TPSA) is 23.6 Å². The second-order valence-electron chi connectivity index (χ2n) is 7.59. The predicted molar refractivity (Wildman–Crippen MR) is 135 cm³/mol. The van der Waals surface area contributed by atoms with E-state index < -0.39 is 0 Å². The lowest BCUT2D eigenvalue weighted by Crippen LogP contribution is -2.51. The summed E-state index contributed by atoms with van der Waals surface area (Å²) in [6, 6.07) is 18.4. The van der Waals surface area contributed by atoms with Gasteiger partial charge in [-0.1, -0.05) is 82.3 Å². The van der Waals surface area contributed by atoms with Gasteiger partial charge in [-0.2, -0.15) is 0 Å². The molecule has 0 spiro atoms. The van der Waals surface area contributed by atoms with E-state index in [2.05, 4.69) is 4.90 Å². The average Bonchev–Trinajstić information content (AvgIpc) is 2.77. The Morgan fingerprint density at radius 3 is 2.28 bits per heavy atom. The van der Waals surface area contributed by atoms with E-state index in [1.807, 2.05) is 47.4 Å². The second kappa shape index (κ2) is 10.1. The zero-order valence-electron chi connectivity index (χ0n) is 16.9. The van der Waals surface area contributed by atoms with Crippen molar-refractivity contribution in [3.05, 3.63) is 96.9 Å². The fraction of sp³-hybridized carbons (Fsp3) is 0.208. The third-order valence-electron chi connectivity index (χ3n) is 5.58. The number of rotatable bonds is 4. The molecule has 32 heavy (non-hydrogen) atoms. The number of hydrogen-bond acceptors (Lipinski definition) is 2. The summed E-state index contributed by atoms with van der Waals surface area (Å²) in [5.74, 6) is -0.00465. The summed E-state index contributed by atoms with van der Waals surface area (Å²) >= 11 is 31.1. The Kier molecular flexibility index (Phi) is 7.44. The van der Waals surface area contributed by atoms with Gasteiger partial charge in [0.15, 0.2) is 0 Å². The molecule has 1 atom stereocenters. The largest absolute Gasteiger partial charge is 0.360 e. The Morgan fingerprint density at radius 2 is 1.56 bits per heavy atom. The van der Waals surface area contributed by atoms with Crippen LogP contribution < -0.4 is 4.90 Å². The monoisotopic (exact) mass is 526 g/mol. The lowest BCUT2D eigenvalue weighted by atomic mass is 10.0. The highest BCUT2D eigenvalue weighted by Crippen LogP contribution is 2.37. The van der Waals surface area contributed by atoms with Crippen LogP contribution >= 0.6 is 58.0 Å². The van der Waals surface area contributed by atoms with Gasteiger partial charge in [0.25, 0.3) is 0 Å². The average molecular weight is 529 g/mol. The molecule has 0 saturated carbocycles. The molecule has 0 bridgehead atoms. The van der Waals surface area contributed by atoms with Crippen LogP contribution in [-0.2, 0) is 11.2 Å². The quantitative estimate of drug-likeness (QED) is 0.348. The van der Waals surface area contributed by atoms with E-state index in [9.17, 15) is 4.79 Å². The SMILES string of the molecule is O=C(Cc1cccc(Cl)c1Cl)N1CCN(c2ccc(Cl)cc2Cl)C(c2ccc(Cl)cc2)C1. The maximum Gasteiger partial charge on any atom is 0.227 e. The van der Waals surface area contributed by atoms with Gasteiger partial charge in [-0.3, -0.25) is 4.79 Å². The van der Waals surface area contributed by atoms with E-state index in [4.69, 9.17) is 58.0 Å². The molecule has 166 valence electrons. The molecule has 3 aromatic carbocycles. The summed E-state index contributed by atoms with van der Waals surface area (Å²) in [5.41, 5.74) is 2.63. The number of nitrogens with zero attached hydrogens (tertiary/aromatic N) is 2. The molecule has 0 N–H and O–H groups in total. The molecule has 0 aliphatic carbocycles. The summed E-state index contributed by atoms with van der Waals surface area (Å²) < 4.78 is 0. The van der Waals surface area contributed by atoms with Crippen molar-refractivity contribution in [1.29, 1.82) is 0 Å². The third kappa shape index (κ3) is 5.13. The van der Waals surface area contributed by atoms with Crippen molar-refractivity contribution in [2.45, 2.75) is 12.5 Å². The number of halogens is 5. The standard InChI is InChI=1S/C24H19Cl5N2O/c25-17-6-4-15(5-7-17)22-14-30(23(32)12-16-2-1-3-19(27)24(16)29)10-11-31(22)21-9-8-18(26)13-20(21)28/h1-9,13,22H,10-12,14H2. The zero-order valence-corrected chi connectivity index (χ0v) is 20.7. The van der Waals surface area contributed by atoms with E-state index in [1.165, 1.54) is 0 Å². The van der Waals surface area contributed by atoms with Gasteiger partial charge in [0.1, 0.15) is 0 Å². The molecule has 1 aliphatic rings.